The van der Waals surface area contributed by atoms with E-state index in [2.05, 4.69) is 5.32 Å². The number of para-hydroxylation sites is 1. The number of anilines is 2. The molecule has 0 aliphatic carbocycles. The van der Waals surface area contributed by atoms with E-state index >= 15 is 0 Å². The fourth-order valence-corrected chi connectivity index (χ4v) is 1.62. The first-order valence-electron chi connectivity index (χ1n) is 5.47. The monoisotopic (exact) mass is 301 g/mol. The maximum atomic E-state index is 10.9. The summed E-state index contributed by atoms with van der Waals surface area (Å²) in [6, 6.07) is 12.1. The number of carboxylic acid groups (broad SMARTS) is 2. The minimum Gasteiger partial charge on any atom is -0.545 e. The minimum absolute atomic E-state index is 0. The minimum atomic E-state index is -1.28. The topological polar surface area (TPSA) is 92.3 Å². The standard InChI is InChI=1S/C14H11NO4.2Na/c16-13(17)9-5-7-10(8-6-9)15-12-4-2-1-3-11(12)14(18)19;;/h1-8,15H,(H,16,17)(H,18,19);;/q;2*+1/p-2. The molecule has 0 heterocycles. The van der Waals surface area contributed by atoms with Crippen LogP contribution in [0.2, 0.25) is 0 Å². The van der Waals surface area contributed by atoms with Crippen LogP contribution in [0.1, 0.15) is 20.7 Å². The number of aromatic carboxylic acids is 2. The van der Waals surface area contributed by atoms with Gasteiger partial charge >= 0.3 is 59.1 Å². The number of rotatable bonds is 4. The third-order valence-corrected chi connectivity index (χ3v) is 2.55. The SMILES string of the molecule is O=C([O-])c1ccc(Nc2ccccc2C(=O)[O-])cc1.[Na+].[Na+]. The van der Waals surface area contributed by atoms with Gasteiger partial charge in [0.2, 0.25) is 0 Å². The number of benzene rings is 2. The van der Waals surface area contributed by atoms with E-state index in [4.69, 9.17) is 0 Å². The van der Waals surface area contributed by atoms with E-state index in [1.165, 1.54) is 30.3 Å². The molecular weight excluding hydrogens is 292 g/mol. The molecule has 0 atom stereocenters. The van der Waals surface area contributed by atoms with Crippen molar-refractivity contribution in [2.75, 3.05) is 5.32 Å². The van der Waals surface area contributed by atoms with E-state index < -0.39 is 11.9 Å². The van der Waals surface area contributed by atoms with Crippen molar-refractivity contribution in [3.8, 4) is 0 Å². The maximum absolute atomic E-state index is 10.9. The van der Waals surface area contributed by atoms with Gasteiger partial charge in [-0.2, -0.15) is 0 Å². The molecule has 0 radical (unpaired) electrons. The van der Waals surface area contributed by atoms with Crippen LogP contribution < -0.4 is 74.6 Å². The van der Waals surface area contributed by atoms with Gasteiger partial charge < -0.3 is 25.1 Å². The summed E-state index contributed by atoms with van der Waals surface area (Å²) in [5.74, 6) is -2.55. The molecule has 0 saturated heterocycles. The van der Waals surface area contributed by atoms with Gasteiger partial charge in [0.1, 0.15) is 0 Å². The Morgan fingerprint density at radius 3 is 1.90 bits per heavy atom. The number of carboxylic acids is 2. The Kier molecular flexibility index (Phi) is 8.89. The zero-order valence-corrected chi connectivity index (χ0v) is 15.8. The molecule has 0 aliphatic heterocycles. The Morgan fingerprint density at radius 1 is 0.810 bits per heavy atom. The second-order valence-corrected chi connectivity index (χ2v) is 3.82. The van der Waals surface area contributed by atoms with Crippen LogP contribution in [0.15, 0.2) is 48.5 Å². The first-order chi connectivity index (χ1) is 9.08. The third-order valence-electron chi connectivity index (χ3n) is 2.55. The molecule has 0 bridgehead atoms. The van der Waals surface area contributed by atoms with Crippen molar-refractivity contribution in [3.05, 3.63) is 59.7 Å². The van der Waals surface area contributed by atoms with Crippen LogP contribution in [-0.4, -0.2) is 11.9 Å². The summed E-state index contributed by atoms with van der Waals surface area (Å²) in [5, 5.41) is 24.4. The molecule has 0 aliphatic rings. The summed E-state index contributed by atoms with van der Waals surface area (Å²) in [5.41, 5.74) is 1.03. The second kappa shape index (κ2) is 9.25. The normalized spacial score (nSPS) is 8.95. The predicted molar refractivity (Wildman–Crippen MR) is 64.8 cm³/mol. The van der Waals surface area contributed by atoms with Crippen LogP contribution in [0.25, 0.3) is 0 Å². The van der Waals surface area contributed by atoms with Gasteiger partial charge in [0.05, 0.1) is 11.9 Å². The molecule has 2 rings (SSSR count). The van der Waals surface area contributed by atoms with E-state index in [0.717, 1.165) is 0 Å². The average molecular weight is 301 g/mol. The van der Waals surface area contributed by atoms with Gasteiger partial charge in [-0.05, 0) is 23.8 Å². The smallest absolute Gasteiger partial charge is 0.545 e. The fourth-order valence-electron chi connectivity index (χ4n) is 1.62. The average Bonchev–Trinajstić information content (AvgIpc) is 2.39. The fraction of sp³-hybridized carbons (Fsp3) is 0. The van der Waals surface area contributed by atoms with Crippen molar-refractivity contribution in [1.29, 1.82) is 0 Å². The van der Waals surface area contributed by atoms with Gasteiger partial charge in [-0.25, -0.2) is 0 Å². The van der Waals surface area contributed by atoms with Crippen molar-refractivity contribution in [2.45, 2.75) is 0 Å². The summed E-state index contributed by atoms with van der Waals surface area (Å²) in [6.45, 7) is 0. The molecule has 0 saturated carbocycles. The van der Waals surface area contributed by atoms with Crippen molar-refractivity contribution in [3.63, 3.8) is 0 Å². The Bertz CT molecular complexity index is 629. The Morgan fingerprint density at radius 2 is 1.38 bits per heavy atom. The van der Waals surface area contributed by atoms with Crippen molar-refractivity contribution in [2.24, 2.45) is 0 Å². The van der Waals surface area contributed by atoms with Crippen molar-refractivity contribution < 1.29 is 78.9 Å². The first kappa shape index (κ1) is 20.2. The summed E-state index contributed by atoms with van der Waals surface area (Å²) < 4.78 is 0. The number of carbonyl (C=O) groups excluding carboxylic acids is 2. The van der Waals surface area contributed by atoms with E-state index in [1.54, 1.807) is 18.2 Å². The second-order valence-electron chi connectivity index (χ2n) is 3.82. The van der Waals surface area contributed by atoms with Gasteiger partial charge in [0, 0.05) is 16.9 Å². The van der Waals surface area contributed by atoms with E-state index in [0.29, 0.717) is 11.4 Å². The Labute approximate surface area is 166 Å². The van der Waals surface area contributed by atoms with Gasteiger partial charge in [-0.1, -0.05) is 30.3 Å². The van der Waals surface area contributed by atoms with Crippen LogP contribution in [-0.2, 0) is 0 Å². The van der Waals surface area contributed by atoms with Gasteiger partial charge in [-0.15, -0.1) is 0 Å². The van der Waals surface area contributed by atoms with Gasteiger partial charge in [0.25, 0.3) is 0 Å². The molecule has 0 amide bonds. The Balaban J connectivity index is 0.00000200. The molecule has 0 aromatic heterocycles. The number of carbonyl (C=O) groups is 2. The predicted octanol–water partition coefficient (Wildman–Crippen LogP) is -5.83. The largest absolute Gasteiger partial charge is 1.00 e. The molecule has 0 spiro atoms. The number of hydrogen-bond donors (Lipinski definition) is 1. The van der Waals surface area contributed by atoms with E-state index in [-0.39, 0.29) is 70.2 Å². The van der Waals surface area contributed by atoms with Gasteiger partial charge in [-0.3, -0.25) is 0 Å². The van der Waals surface area contributed by atoms with Gasteiger partial charge in [0.15, 0.2) is 0 Å². The molecule has 2 aromatic carbocycles. The quantitative estimate of drug-likeness (QED) is 0.568. The third kappa shape index (κ3) is 5.47. The molecule has 96 valence electrons. The zero-order chi connectivity index (χ0) is 13.8. The number of hydrogen-bond acceptors (Lipinski definition) is 5. The molecular formula is C14H9NNa2O4. The summed E-state index contributed by atoms with van der Waals surface area (Å²) in [7, 11) is 0. The Hall–Kier alpha value is -0.820. The van der Waals surface area contributed by atoms with Crippen molar-refractivity contribution >= 4 is 23.3 Å². The van der Waals surface area contributed by atoms with Crippen molar-refractivity contribution in [1.82, 2.24) is 0 Å². The van der Waals surface area contributed by atoms with E-state index in [9.17, 15) is 19.8 Å². The van der Waals surface area contributed by atoms with Crippen LogP contribution in [0.3, 0.4) is 0 Å². The molecule has 0 unspecified atom stereocenters. The van der Waals surface area contributed by atoms with Crippen LogP contribution in [0.4, 0.5) is 11.4 Å². The summed E-state index contributed by atoms with van der Waals surface area (Å²) >= 11 is 0. The molecule has 1 N–H and O–H groups in total. The maximum Gasteiger partial charge on any atom is 1.00 e. The zero-order valence-electron chi connectivity index (χ0n) is 11.8. The van der Waals surface area contributed by atoms with Crippen LogP contribution >= 0.6 is 0 Å². The van der Waals surface area contributed by atoms with Crippen LogP contribution in [0.5, 0.6) is 0 Å². The van der Waals surface area contributed by atoms with E-state index in [1.807, 2.05) is 0 Å². The molecule has 0 fully saturated rings. The van der Waals surface area contributed by atoms with Crippen LogP contribution in [0, 0.1) is 0 Å². The summed E-state index contributed by atoms with van der Waals surface area (Å²) in [4.78, 5) is 21.5. The first-order valence-corrected chi connectivity index (χ1v) is 5.47. The molecule has 7 heteroatoms. The molecule has 21 heavy (non-hydrogen) atoms. The summed E-state index contributed by atoms with van der Waals surface area (Å²) in [6.07, 6.45) is 0. The molecule has 5 nitrogen and oxygen atoms in total. The molecule has 2 aromatic rings. The number of nitrogens with one attached hydrogen (secondary N) is 1.